The number of nitrogens with zero attached hydrogens (tertiary/aromatic N) is 2. The summed E-state index contributed by atoms with van der Waals surface area (Å²) >= 11 is 0. The zero-order chi connectivity index (χ0) is 14.5. The van der Waals surface area contributed by atoms with E-state index in [2.05, 4.69) is 0 Å². The van der Waals surface area contributed by atoms with Crippen molar-refractivity contribution in [2.45, 2.75) is 51.7 Å². The van der Waals surface area contributed by atoms with Crippen LogP contribution in [-0.4, -0.2) is 64.3 Å². The number of hydrogen-bond donors (Lipinski definition) is 2. The first-order chi connectivity index (χ1) is 8.78. The Hall–Kier alpha value is -0.850. The first-order valence-corrected chi connectivity index (χ1v) is 6.88. The first kappa shape index (κ1) is 16.2. The zero-order valence-electron chi connectivity index (χ0n) is 12.1. The number of ether oxygens (including phenoxy) is 1. The van der Waals surface area contributed by atoms with Crippen LogP contribution in [0.5, 0.6) is 0 Å². The van der Waals surface area contributed by atoms with Crippen LogP contribution in [-0.2, 0) is 4.74 Å². The van der Waals surface area contributed by atoms with Gasteiger partial charge in [-0.1, -0.05) is 0 Å². The third-order valence-electron chi connectivity index (χ3n) is 2.90. The van der Waals surface area contributed by atoms with E-state index in [4.69, 9.17) is 9.94 Å². The summed E-state index contributed by atoms with van der Waals surface area (Å²) in [5, 5.41) is 19.1. The van der Waals surface area contributed by atoms with Gasteiger partial charge in [0.2, 0.25) is 0 Å². The second-order valence-electron chi connectivity index (χ2n) is 6.03. The van der Waals surface area contributed by atoms with E-state index in [0.29, 0.717) is 19.5 Å². The van der Waals surface area contributed by atoms with E-state index in [9.17, 15) is 9.90 Å². The molecule has 0 aliphatic carbocycles. The van der Waals surface area contributed by atoms with E-state index in [0.717, 1.165) is 25.9 Å². The summed E-state index contributed by atoms with van der Waals surface area (Å²) < 4.78 is 5.15. The zero-order valence-corrected chi connectivity index (χ0v) is 12.1. The lowest BCUT2D eigenvalue weighted by Crippen LogP contribution is -2.35. The molecule has 1 amide bonds. The molecule has 19 heavy (non-hydrogen) atoms. The van der Waals surface area contributed by atoms with Crippen LogP contribution in [0.25, 0.3) is 0 Å². The molecule has 0 spiro atoms. The molecule has 2 N–H and O–H groups in total. The number of amides is 1. The molecule has 2 heterocycles. The van der Waals surface area contributed by atoms with Gasteiger partial charge in [0.25, 0.3) is 0 Å². The average Bonchev–Trinajstić information content (AvgIpc) is 2.88. The Morgan fingerprint density at radius 2 is 1.79 bits per heavy atom. The van der Waals surface area contributed by atoms with Crippen LogP contribution in [0, 0.1) is 0 Å². The fourth-order valence-corrected chi connectivity index (χ4v) is 1.93. The molecule has 112 valence electrons. The quantitative estimate of drug-likeness (QED) is 0.699. The molecule has 6 nitrogen and oxygen atoms in total. The number of hydrogen-bond acceptors (Lipinski definition) is 5. The van der Waals surface area contributed by atoms with Gasteiger partial charge in [-0.05, 0) is 40.0 Å². The standard InChI is InChI=1S/C9H17NO3.C4H9NO/c1-9(2,3)13-8(12)10-5-4-7(11)6-10;6-5-3-1-2-4-5/h7,11H,4-6H2,1-3H3;6H,1-4H2/t7-;/m0./s1. The predicted octanol–water partition coefficient (Wildman–Crippen LogP) is 1.46. The third kappa shape index (κ3) is 6.75. The number of hydroxylamine groups is 2. The van der Waals surface area contributed by atoms with Crippen molar-refractivity contribution < 1.29 is 19.8 Å². The lowest BCUT2D eigenvalue weighted by atomic mass is 10.2. The van der Waals surface area contributed by atoms with Crippen molar-refractivity contribution in [2.24, 2.45) is 0 Å². The Balaban J connectivity index is 0.000000250. The fourth-order valence-electron chi connectivity index (χ4n) is 1.93. The summed E-state index contributed by atoms with van der Waals surface area (Å²) in [7, 11) is 0. The van der Waals surface area contributed by atoms with Crippen molar-refractivity contribution in [3.63, 3.8) is 0 Å². The second-order valence-corrected chi connectivity index (χ2v) is 6.03. The van der Waals surface area contributed by atoms with Gasteiger partial charge in [0.1, 0.15) is 5.60 Å². The molecule has 2 saturated heterocycles. The van der Waals surface area contributed by atoms with E-state index in [1.165, 1.54) is 9.96 Å². The largest absolute Gasteiger partial charge is 0.444 e. The molecule has 6 heteroatoms. The van der Waals surface area contributed by atoms with Crippen molar-refractivity contribution in [2.75, 3.05) is 26.2 Å². The minimum Gasteiger partial charge on any atom is -0.444 e. The molecule has 2 aliphatic rings. The highest BCUT2D eigenvalue weighted by molar-refractivity contribution is 5.68. The molecule has 0 unspecified atom stereocenters. The Bertz CT molecular complexity index is 285. The second kappa shape index (κ2) is 7.07. The summed E-state index contributed by atoms with van der Waals surface area (Å²) in [4.78, 5) is 12.9. The molecule has 1 atom stereocenters. The molecule has 0 bridgehead atoms. The molecule has 0 aromatic carbocycles. The molecule has 2 rings (SSSR count). The number of rotatable bonds is 0. The summed E-state index contributed by atoms with van der Waals surface area (Å²) in [6.45, 7) is 8.23. The van der Waals surface area contributed by atoms with Gasteiger partial charge in [0, 0.05) is 26.2 Å². The molecular formula is C13H26N2O4. The molecule has 0 radical (unpaired) electrons. The van der Waals surface area contributed by atoms with Crippen LogP contribution >= 0.6 is 0 Å². The normalized spacial score (nSPS) is 24.1. The highest BCUT2D eigenvalue weighted by atomic mass is 16.6. The number of aliphatic hydroxyl groups excluding tert-OH is 1. The molecule has 0 aromatic rings. The lowest BCUT2D eigenvalue weighted by molar-refractivity contribution is -0.0678. The van der Waals surface area contributed by atoms with Gasteiger partial charge in [-0.25, -0.2) is 4.79 Å². The van der Waals surface area contributed by atoms with Gasteiger partial charge in [-0.2, -0.15) is 5.06 Å². The summed E-state index contributed by atoms with van der Waals surface area (Å²) in [5.74, 6) is 0. The maximum Gasteiger partial charge on any atom is 0.410 e. The number of carbonyl (C=O) groups excluding carboxylic acids is 1. The van der Waals surface area contributed by atoms with Crippen LogP contribution in [0.4, 0.5) is 4.79 Å². The van der Waals surface area contributed by atoms with Crippen molar-refractivity contribution in [3.8, 4) is 0 Å². The van der Waals surface area contributed by atoms with E-state index < -0.39 is 5.60 Å². The topological polar surface area (TPSA) is 73.2 Å². The SMILES string of the molecule is CC(C)(C)OC(=O)N1CC[C@H](O)C1.ON1CCCC1. The van der Waals surface area contributed by atoms with E-state index in [-0.39, 0.29) is 12.2 Å². The highest BCUT2D eigenvalue weighted by Gasteiger charge is 2.28. The van der Waals surface area contributed by atoms with Crippen LogP contribution in [0.1, 0.15) is 40.0 Å². The van der Waals surface area contributed by atoms with Gasteiger partial charge >= 0.3 is 6.09 Å². The van der Waals surface area contributed by atoms with Gasteiger partial charge in [-0.3, -0.25) is 0 Å². The number of β-amino-alcohol motifs (C(OH)–C–C–N with tert-alkyl or cyclic N) is 1. The minimum absolute atomic E-state index is 0.330. The van der Waals surface area contributed by atoms with E-state index in [1.807, 2.05) is 20.8 Å². The van der Waals surface area contributed by atoms with Crippen molar-refractivity contribution in [1.29, 1.82) is 0 Å². The van der Waals surface area contributed by atoms with Crippen LogP contribution in [0.15, 0.2) is 0 Å². The van der Waals surface area contributed by atoms with Gasteiger partial charge in [0.05, 0.1) is 6.10 Å². The molecule has 2 aliphatic heterocycles. The molecule has 0 saturated carbocycles. The maximum atomic E-state index is 11.4. The maximum absolute atomic E-state index is 11.4. The highest BCUT2D eigenvalue weighted by Crippen LogP contribution is 2.14. The lowest BCUT2D eigenvalue weighted by Gasteiger charge is -2.24. The smallest absolute Gasteiger partial charge is 0.410 e. The van der Waals surface area contributed by atoms with Gasteiger partial charge < -0.3 is 20.0 Å². The Labute approximate surface area is 114 Å². The molecule has 2 fully saturated rings. The van der Waals surface area contributed by atoms with E-state index in [1.54, 1.807) is 0 Å². The first-order valence-electron chi connectivity index (χ1n) is 6.88. The third-order valence-corrected chi connectivity index (χ3v) is 2.90. The van der Waals surface area contributed by atoms with Crippen molar-refractivity contribution >= 4 is 6.09 Å². The fraction of sp³-hybridized carbons (Fsp3) is 0.923. The van der Waals surface area contributed by atoms with Crippen LogP contribution in [0.3, 0.4) is 0 Å². The minimum atomic E-state index is -0.454. The van der Waals surface area contributed by atoms with Gasteiger partial charge in [0.15, 0.2) is 0 Å². The summed E-state index contributed by atoms with van der Waals surface area (Å²) in [5.41, 5.74) is -0.454. The predicted molar refractivity (Wildman–Crippen MR) is 71.0 cm³/mol. The Morgan fingerprint density at radius 1 is 1.21 bits per heavy atom. The van der Waals surface area contributed by atoms with Crippen LogP contribution in [0.2, 0.25) is 0 Å². The number of carbonyl (C=O) groups is 1. The molecule has 0 aromatic heterocycles. The summed E-state index contributed by atoms with van der Waals surface area (Å²) in [6.07, 6.45) is 2.27. The average molecular weight is 274 g/mol. The van der Waals surface area contributed by atoms with Crippen molar-refractivity contribution in [1.82, 2.24) is 9.96 Å². The van der Waals surface area contributed by atoms with Crippen LogP contribution < -0.4 is 0 Å². The Kier molecular flexibility index (Phi) is 6.03. The number of likely N-dealkylation sites (tertiary alicyclic amines) is 1. The Morgan fingerprint density at radius 3 is 2.11 bits per heavy atom. The van der Waals surface area contributed by atoms with Crippen molar-refractivity contribution in [3.05, 3.63) is 0 Å². The molecular weight excluding hydrogens is 248 g/mol. The monoisotopic (exact) mass is 274 g/mol. The van der Waals surface area contributed by atoms with E-state index >= 15 is 0 Å². The summed E-state index contributed by atoms with van der Waals surface area (Å²) in [6, 6.07) is 0. The van der Waals surface area contributed by atoms with Gasteiger partial charge in [-0.15, -0.1) is 0 Å². The number of aliphatic hydroxyl groups is 1.